The van der Waals surface area contributed by atoms with Crippen molar-refractivity contribution >= 4 is 28.3 Å². The highest BCUT2D eigenvalue weighted by atomic mass is 32.1. The van der Waals surface area contributed by atoms with Crippen molar-refractivity contribution in [3.8, 4) is 11.1 Å². The molecule has 1 N–H and O–H groups in total. The van der Waals surface area contributed by atoms with Gasteiger partial charge >= 0.3 is 0 Å². The number of aryl methyl sites for hydroxylation is 1. The molecule has 0 spiro atoms. The number of hydrogen-bond acceptors (Lipinski definition) is 6. The molecule has 2 atom stereocenters. The van der Waals surface area contributed by atoms with Gasteiger partial charge in [0, 0.05) is 46.9 Å². The number of nitrogens with zero attached hydrogens (tertiary/aromatic N) is 5. The van der Waals surface area contributed by atoms with Gasteiger partial charge in [0.1, 0.15) is 5.82 Å². The number of rotatable bonds is 8. The van der Waals surface area contributed by atoms with Crippen LogP contribution in [0.3, 0.4) is 0 Å². The van der Waals surface area contributed by atoms with E-state index in [1.807, 2.05) is 16.7 Å². The number of allylic oxidation sites excluding steroid dienone is 1. The van der Waals surface area contributed by atoms with Gasteiger partial charge < -0.3 is 14.4 Å². The Bertz CT molecular complexity index is 1760. The molecule has 4 aromatic rings. The molecule has 2 aromatic carbocycles. The second kappa shape index (κ2) is 10.5. The van der Waals surface area contributed by atoms with Gasteiger partial charge in [-0.05, 0) is 62.2 Å². The molecule has 220 valence electrons. The van der Waals surface area contributed by atoms with Crippen molar-refractivity contribution < 1.29 is 14.0 Å². The van der Waals surface area contributed by atoms with Gasteiger partial charge in [-0.1, -0.05) is 42.8 Å². The van der Waals surface area contributed by atoms with Crippen molar-refractivity contribution in [3.05, 3.63) is 99.8 Å². The summed E-state index contributed by atoms with van der Waals surface area (Å²) in [5, 5.41) is 5.05. The number of carbonyl (C=O) groups excluding carboxylic acids is 2. The second-order valence-electron chi connectivity index (χ2n) is 12.2. The Labute approximate surface area is 253 Å². The van der Waals surface area contributed by atoms with E-state index in [0.29, 0.717) is 22.0 Å². The number of thiazole rings is 1. The van der Waals surface area contributed by atoms with E-state index in [9.17, 15) is 9.59 Å². The quantitative estimate of drug-likeness (QED) is 0.269. The lowest BCUT2D eigenvalue weighted by molar-refractivity contribution is -0.121. The molecule has 2 aromatic heterocycles. The van der Waals surface area contributed by atoms with E-state index < -0.39 is 17.8 Å². The van der Waals surface area contributed by atoms with Gasteiger partial charge in [-0.3, -0.25) is 14.9 Å². The van der Waals surface area contributed by atoms with E-state index >= 15 is 4.39 Å². The normalized spacial score (nSPS) is 19.7. The van der Waals surface area contributed by atoms with Crippen molar-refractivity contribution in [1.82, 2.24) is 24.3 Å². The third-order valence-electron chi connectivity index (χ3n) is 8.80. The van der Waals surface area contributed by atoms with Crippen LogP contribution in [-0.4, -0.2) is 56.8 Å². The number of fused-ring (bicyclic) bond motifs is 2. The van der Waals surface area contributed by atoms with E-state index in [1.54, 1.807) is 24.0 Å². The fourth-order valence-corrected chi connectivity index (χ4v) is 7.33. The minimum absolute atomic E-state index is 0.00889. The zero-order valence-corrected chi connectivity index (χ0v) is 25.2. The van der Waals surface area contributed by atoms with Crippen LogP contribution in [0.25, 0.3) is 11.1 Å². The van der Waals surface area contributed by atoms with Crippen LogP contribution in [-0.2, 0) is 29.7 Å². The number of hydrogen-bond donors (Lipinski definition) is 1. The summed E-state index contributed by atoms with van der Waals surface area (Å²) in [4.78, 5) is 40.0. The summed E-state index contributed by atoms with van der Waals surface area (Å²) >= 11 is 1.30. The highest BCUT2D eigenvalue weighted by Gasteiger charge is 2.42. The summed E-state index contributed by atoms with van der Waals surface area (Å²) in [7, 11) is 4.15. The zero-order valence-electron chi connectivity index (χ0n) is 24.4. The van der Waals surface area contributed by atoms with Crippen LogP contribution >= 0.6 is 11.3 Å². The summed E-state index contributed by atoms with van der Waals surface area (Å²) in [6.45, 7) is 4.01. The van der Waals surface area contributed by atoms with Crippen molar-refractivity contribution in [2.75, 3.05) is 26.0 Å². The summed E-state index contributed by atoms with van der Waals surface area (Å²) in [5.41, 5.74) is 6.16. The van der Waals surface area contributed by atoms with Gasteiger partial charge in [-0.25, -0.2) is 14.4 Å². The van der Waals surface area contributed by atoms with Crippen LogP contribution in [0.4, 0.5) is 9.52 Å². The number of imidazole rings is 1. The van der Waals surface area contributed by atoms with E-state index in [2.05, 4.69) is 59.4 Å². The first-order valence-corrected chi connectivity index (χ1v) is 15.4. The van der Waals surface area contributed by atoms with E-state index in [4.69, 9.17) is 0 Å². The molecular weight excluding hydrogens is 563 g/mol. The fourth-order valence-electron chi connectivity index (χ4n) is 6.79. The van der Waals surface area contributed by atoms with Gasteiger partial charge in [-0.2, -0.15) is 0 Å². The Morgan fingerprint density at radius 3 is 2.70 bits per heavy atom. The predicted molar refractivity (Wildman–Crippen MR) is 164 cm³/mol. The molecule has 2 amide bonds. The average Bonchev–Trinajstić information content (AvgIpc) is 3.76. The molecule has 1 aliphatic carbocycles. The maximum atomic E-state index is 15.7. The Balaban J connectivity index is 1.18. The zero-order chi connectivity index (χ0) is 29.9. The molecule has 0 fully saturated rings. The first-order chi connectivity index (χ1) is 20.7. The van der Waals surface area contributed by atoms with Crippen LogP contribution < -0.4 is 5.32 Å². The predicted octanol–water partition coefficient (Wildman–Crippen LogP) is 5.58. The van der Waals surface area contributed by atoms with Gasteiger partial charge in [0.15, 0.2) is 11.2 Å². The lowest BCUT2D eigenvalue weighted by atomic mass is 9.68. The second-order valence-corrected chi connectivity index (χ2v) is 13.1. The molecule has 10 heteroatoms. The molecule has 0 saturated heterocycles. The number of halogens is 1. The molecule has 0 bridgehead atoms. The Morgan fingerprint density at radius 2 is 1.98 bits per heavy atom. The minimum Gasteiger partial charge on any atom is -0.334 e. The fraction of sp³-hybridized carbons (Fsp3) is 0.333. The summed E-state index contributed by atoms with van der Waals surface area (Å²) < 4.78 is 17.7. The summed E-state index contributed by atoms with van der Waals surface area (Å²) in [6.07, 6.45) is 8.39. The molecular formula is C33H33FN6O2S. The Kier molecular flexibility index (Phi) is 6.78. The minimum atomic E-state index is -1.01. The summed E-state index contributed by atoms with van der Waals surface area (Å²) in [6, 6.07) is 10.4. The van der Waals surface area contributed by atoms with Crippen LogP contribution in [0.2, 0.25) is 0 Å². The topological polar surface area (TPSA) is 83.4 Å². The monoisotopic (exact) mass is 596 g/mol. The van der Waals surface area contributed by atoms with Gasteiger partial charge in [0.05, 0.1) is 18.6 Å². The number of carbonyl (C=O) groups is 2. The highest BCUT2D eigenvalue weighted by molar-refractivity contribution is 7.13. The van der Waals surface area contributed by atoms with Crippen LogP contribution in [0.5, 0.6) is 0 Å². The Morgan fingerprint density at radius 1 is 1.19 bits per heavy atom. The third-order valence-corrected chi connectivity index (χ3v) is 9.49. The van der Waals surface area contributed by atoms with Crippen molar-refractivity contribution in [1.29, 1.82) is 0 Å². The van der Waals surface area contributed by atoms with Gasteiger partial charge in [0.2, 0.25) is 0 Å². The number of benzene rings is 2. The first kappa shape index (κ1) is 27.7. The molecule has 7 rings (SSSR count). The molecule has 43 heavy (non-hydrogen) atoms. The number of anilines is 1. The molecule has 0 radical (unpaired) electrons. The first-order valence-electron chi connectivity index (χ1n) is 14.5. The largest absolute Gasteiger partial charge is 0.334 e. The number of nitrogens with one attached hydrogen (secondary N) is 1. The lowest BCUT2D eigenvalue weighted by Crippen LogP contribution is -2.38. The van der Waals surface area contributed by atoms with E-state index in [0.717, 1.165) is 43.6 Å². The number of likely N-dealkylation sites (N-methyl/N-ethyl adjacent to an activating group) is 1. The van der Waals surface area contributed by atoms with Crippen LogP contribution in [0, 0.1) is 5.82 Å². The molecule has 0 saturated carbocycles. The van der Waals surface area contributed by atoms with Gasteiger partial charge in [0.25, 0.3) is 11.8 Å². The maximum absolute atomic E-state index is 15.7. The van der Waals surface area contributed by atoms with Crippen LogP contribution in [0.1, 0.15) is 58.7 Å². The number of aromatic nitrogens is 3. The summed E-state index contributed by atoms with van der Waals surface area (Å²) in [5.74, 6) is -1.25. The Hall–Kier alpha value is -4.15. The average molecular weight is 597 g/mol. The van der Waals surface area contributed by atoms with Crippen molar-refractivity contribution in [2.24, 2.45) is 0 Å². The molecule has 3 aliphatic rings. The molecule has 8 nitrogen and oxygen atoms in total. The number of amides is 2. The van der Waals surface area contributed by atoms with E-state index in [1.165, 1.54) is 33.4 Å². The smallest absolute Gasteiger partial charge is 0.255 e. The maximum Gasteiger partial charge on any atom is 0.255 e. The lowest BCUT2D eigenvalue weighted by Gasteiger charge is -2.38. The molecule has 2 unspecified atom stereocenters. The molecule has 2 aliphatic heterocycles. The standard InChI is InChI=1S/C33H33FN6O2S/c1-33(15-20(16-33)17-38(2)3)23-8-6-21(7-9-23)22-13-24-25(26(34)14-22)18-40(31(24)42)29(30(41)37-32-35-10-12-43-32)28-27-5-4-11-39(27)19-36-28/h6-10,12-15,19,29H,4-5,11,16-18H2,1-3H3,(H,35,37,41). The van der Waals surface area contributed by atoms with E-state index in [-0.39, 0.29) is 23.4 Å². The van der Waals surface area contributed by atoms with Crippen LogP contribution in [0.15, 0.2) is 66.0 Å². The van der Waals surface area contributed by atoms with Crippen molar-refractivity contribution in [2.45, 2.75) is 50.7 Å². The van der Waals surface area contributed by atoms with Gasteiger partial charge in [-0.15, -0.1) is 11.3 Å². The molecule has 4 heterocycles. The highest BCUT2D eigenvalue weighted by Crippen LogP contribution is 2.43. The SMILES string of the molecule is CN(C)CC1=CC(C)(c2ccc(-c3cc(F)c4c(c3)C(=O)N(C(C(=O)Nc3nccs3)c3ncn5c3CCC5)C4)cc2)C1. The third kappa shape index (κ3) is 4.88. The van der Waals surface area contributed by atoms with Crippen molar-refractivity contribution in [3.63, 3.8) is 0 Å².